The highest BCUT2D eigenvalue weighted by Crippen LogP contribution is 2.47. The predicted molar refractivity (Wildman–Crippen MR) is 119 cm³/mol. The van der Waals surface area contributed by atoms with Crippen LogP contribution in [0.4, 0.5) is 17.1 Å². The van der Waals surface area contributed by atoms with Gasteiger partial charge in [-0.05, 0) is 42.7 Å². The Morgan fingerprint density at radius 1 is 1.03 bits per heavy atom. The molecule has 0 aliphatic carbocycles. The Bertz CT molecular complexity index is 1150. The number of rotatable bonds is 5. The van der Waals surface area contributed by atoms with Gasteiger partial charge in [0.1, 0.15) is 5.56 Å². The maximum atomic E-state index is 13.1. The number of anilines is 2. The maximum absolute atomic E-state index is 13.1. The number of fused-ring (bicyclic) bond motifs is 2. The van der Waals surface area contributed by atoms with Crippen molar-refractivity contribution in [1.82, 2.24) is 0 Å². The molecule has 7 nitrogen and oxygen atoms in total. The lowest BCUT2D eigenvalue weighted by molar-refractivity contribution is -0.385. The molecule has 0 N–H and O–H groups in total. The van der Waals surface area contributed by atoms with E-state index >= 15 is 0 Å². The van der Waals surface area contributed by atoms with Crippen molar-refractivity contribution in [2.24, 2.45) is 0 Å². The fourth-order valence-electron chi connectivity index (χ4n) is 3.21. The van der Waals surface area contributed by atoms with Crippen molar-refractivity contribution in [3.8, 4) is 0 Å². The molecule has 0 saturated heterocycles. The van der Waals surface area contributed by atoms with E-state index in [2.05, 4.69) is 0 Å². The lowest BCUT2D eigenvalue weighted by atomic mass is 10.2. The van der Waals surface area contributed by atoms with Crippen molar-refractivity contribution >= 4 is 52.5 Å². The number of carbonyl (C=O) groups excluding carboxylic acids is 2. The molecule has 0 saturated carbocycles. The van der Waals surface area contributed by atoms with Crippen molar-refractivity contribution in [2.75, 3.05) is 17.8 Å². The normalized spacial score (nSPS) is 12.0. The third kappa shape index (κ3) is 4.14. The van der Waals surface area contributed by atoms with Gasteiger partial charge in [0, 0.05) is 20.8 Å². The second kappa shape index (κ2) is 8.83. The molecule has 3 aromatic carbocycles. The number of para-hydroxylation sites is 2. The van der Waals surface area contributed by atoms with E-state index in [4.69, 9.17) is 4.74 Å². The van der Waals surface area contributed by atoms with E-state index in [1.165, 1.54) is 28.8 Å². The van der Waals surface area contributed by atoms with E-state index in [1.807, 2.05) is 48.5 Å². The van der Waals surface area contributed by atoms with Crippen LogP contribution in [-0.4, -0.2) is 29.7 Å². The molecule has 31 heavy (non-hydrogen) atoms. The summed E-state index contributed by atoms with van der Waals surface area (Å²) >= 11 is 2.90. The van der Waals surface area contributed by atoms with Crippen LogP contribution < -0.4 is 4.90 Å². The van der Waals surface area contributed by atoms with Gasteiger partial charge in [-0.2, -0.15) is 0 Å². The van der Waals surface area contributed by atoms with E-state index in [-0.39, 0.29) is 11.3 Å². The zero-order chi connectivity index (χ0) is 22.0. The van der Waals surface area contributed by atoms with Gasteiger partial charge in [0.2, 0.25) is 0 Å². The summed E-state index contributed by atoms with van der Waals surface area (Å²) in [6.45, 7) is -0.549. The first-order chi connectivity index (χ1) is 15.0. The van der Waals surface area contributed by atoms with Gasteiger partial charge >= 0.3 is 5.97 Å². The van der Waals surface area contributed by atoms with Gasteiger partial charge in [-0.15, -0.1) is 11.8 Å². The molecule has 0 unspecified atom stereocenters. The summed E-state index contributed by atoms with van der Waals surface area (Å²) in [5, 5.41) is 11.3. The van der Waals surface area contributed by atoms with Crippen molar-refractivity contribution in [2.45, 2.75) is 14.7 Å². The molecule has 9 heteroatoms. The predicted octanol–water partition coefficient (Wildman–Crippen LogP) is 5.30. The van der Waals surface area contributed by atoms with Crippen LogP contribution in [0.3, 0.4) is 0 Å². The third-order valence-corrected chi connectivity index (χ3v) is 6.48. The number of amides is 1. The molecule has 1 aliphatic heterocycles. The SMILES string of the molecule is CSc1ccc([N+](=O)[O-])c(C(=O)OCC(=O)N2c3ccccc3Sc3ccccc32)c1. The Morgan fingerprint density at radius 2 is 1.65 bits per heavy atom. The van der Waals surface area contributed by atoms with Crippen molar-refractivity contribution in [1.29, 1.82) is 0 Å². The number of nitro groups is 1. The molecular weight excluding hydrogens is 436 g/mol. The molecule has 1 aliphatic rings. The topological polar surface area (TPSA) is 89.7 Å². The molecule has 0 spiro atoms. The second-order valence-corrected chi connectivity index (χ2v) is 8.45. The minimum Gasteiger partial charge on any atom is -0.452 e. The van der Waals surface area contributed by atoms with Crippen LogP contribution in [0.5, 0.6) is 0 Å². The van der Waals surface area contributed by atoms with Crippen molar-refractivity contribution in [3.63, 3.8) is 0 Å². The molecule has 156 valence electrons. The average Bonchev–Trinajstić information content (AvgIpc) is 2.80. The summed E-state index contributed by atoms with van der Waals surface area (Å²) < 4.78 is 5.21. The Kier molecular flexibility index (Phi) is 5.97. The number of hydrogen-bond acceptors (Lipinski definition) is 7. The standard InChI is InChI=1S/C22H16N2O5S2/c1-30-14-10-11-16(24(27)28)15(12-14)22(26)29-13-21(25)23-17-6-2-4-8-19(17)31-20-9-5-3-7-18(20)23/h2-12H,13H2,1H3. The first-order valence-electron chi connectivity index (χ1n) is 9.18. The number of ether oxygens (including phenoxy) is 1. The third-order valence-electron chi connectivity index (χ3n) is 4.63. The lowest BCUT2D eigenvalue weighted by Gasteiger charge is -2.30. The molecule has 1 heterocycles. The number of carbonyl (C=O) groups is 2. The second-order valence-electron chi connectivity index (χ2n) is 6.48. The number of hydrogen-bond donors (Lipinski definition) is 0. The van der Waals surface area contributed by atoms with E-state index in [0.29, 0.717) is 16.3 Å². The smallest absolute Gasteiger partial charge is 0.345 e. The Morgan fingerprint density at radius 3 is 2.23 bits per heavy atom. The fourth-order valence-corrected chi connectivity index (χ4v) is 4.71. The molecule has 0 radical (unpaired) electrons. The summed E-state index contributed by atoms with van der Waals surface area (Å²) in [5.74, 6) is -1.36. The highest BCUT2D eigenvalue weighted by molar-refractivity contribution is 7.99. The summed E-state index contributed by atoms with van der Waals surface area (Å²) in [6.07, 6.45) is 1.79. The largest absolute Gasteiger partial charge is 0.452 e. The molecule has 0 bridgehead atoms. The number of nitrogens with zero attached hydrogens (tertiary/aromatic N) is 2. The van der Waals surface area contributed by atoms with Gasteiger partial charge in [-0.3, -0.25) is 19.8 Å². The van der Waals surface area contributed by atoms with E-state index in [1.54, 1.807) is 24.1 Å². The molecule has 0 fully saturated rings. The quantitative estimate of drug-likeness (QED) is 0.224. The number of benzene rings is 3. The Labute approximate surface area is 186 Å². The van der Waals surface area contributed by atoms with Crippen LogP contribution in [-0.2, 0) is 9.53 Å². The van der Waals surface area contributed by atoms with Crippen LogP contribution in [0, 0.1) is 10.1 Å². The first kappa shape index (κ1) is 21.0. The van der Waals surface area contributed by atoms with Gasteiger partial charge in [0.05, 0.1) is 16.3 Å². The zero-order valence-corrected chi connectivity index (χ0v) is 17.9. The van der Waals surface area contributed by atoms with Crippen molar-refractivity contribution < 1.29 is 19.2 Å². The molecule has 3 aromatic rings. The highest BCUT2D eigenvalue weighted by atomic mass is 32.2. The van der Waals surface area contributed by atoms with Gasteiger partial charge in [-0.25, -0.2) is 4.79 Å². The van der Waals surface area contributed by atoms with Gasteiger partial charge < -0.3 is 4.74 Å². The maximum Gasteiger partial charge on any atom is 0.345 e. The monoisotopic (exact) mass is 452 g/mol. The molecular formula is C22H16N2O5S2. The summed E-state index contributed by atoms with van der Waals surface area (Å²) in [7, 11) is 0. The highest BCUT2D eigenvalue weighted by Gasteiger charge is 2.29. The molecule has 0 aromatic heterocycles. The minimum absolute atomic E-state index is 0.181. The first-order valence-corrected chi connectivity index (χ1v) is 11.2. The van der Waals surface area contributed by atoms with Crippen LogP contribution in [0.15, 0.2) is 81.4 Å². The van der Waals surface area contributed by atoms with Gasteiger partial charge in [0.25, 0.3) is 11.6 Å². The van der Waals surface area contributed by atoms with Crippen molar-refractivity contribution in [3.05, 3.63) is 82.4 Å². The van der Waals surface area contributed by atoms with Crippen LogP contribution >= 0.6 is 23.5 Å². The molecule has 1 amide bonds. The summed E-state index contributed by atoms with van der Waals surface area (Å²) in [5.41, 5.74) is 0.852. The average molecular weight is 453 g/mol. The van der Waals surface area contributed by atoms with Gasteiger partial charge in [-0.1, -0.05) is 36.0 Å². The van der Waals surface area contributed by atoms with E-state index < -0.39 is 23.4 Å². The Balaban J connectivity index is 1.59. The lowest BCUT2D eigenvalue weighted by Crippen LogP contribution is -2.32. The number of nitro benzene ring substituents is 1. The fraction of sp³-hybridized carbons (Fsp3) is 0.0909. The zero-order valence-electron chi connectivity index (χ0n) is 16.3. The minimum atomic E-state index is -0.913. The number of thioether (sulfide) groups is 1. The summed E-state index contributed by atoms with van der Waals surface area (Å²) in [4.78, 5) is 40.4. The molecule has 4 rings (SSSR count). The van der Waals surface area contributed by atoms with Crippen LogP contribution in [0.2, 0.25) is 0 Å². The summed E-state index contributed by atoms with van der Waals surface area (Å²) in [6, 6.07) is 19.1. The van der Waals surface area contributed by atoms with E-state index in [0.717, 1.165) is 9.79 Å². The Hall–Kier alpha value is -3.30. The van der Waals surface area contributed by atoms with E-state index in [9.17, 15) is 19.7 Å². The molecule has 0 atom stereocenters. The van der Waals surface area contributed by atoms with Crippen LogP contribution in [0.25, 0.3) is 0 Å². The number of esters is 1. The van der Waals surface area contributed by atoms with Gasteiger partial charge in [0.15, 0.2) is 6.61 Å². The van der Waals surface area contributed by atoms with Crippen LogP contribution in [0.1, 0.15) is 10.4 Å².